The van der Waals surface area contributed by atoms with Gasteiger partial charge in [-0.25, -0.2) is 4.98 Å². The molecule has 110 valence electrons. The Morgan fingerprint density at radius 3 is 2.38 bits per heavy atom. The van der Waals surface area contributed by atoms with Gasteiger partial charge in [-0.2, -0.15) is 0 Å². The fraction of sp³-hybridized carbons (Fsp3) is 0.353. The van der Waals surface area contributed by atoms with E-state index in [4.69, 9.17) is 16.6 Å². The summed E-state index contributed by atoms with van der Waals surface area (Å²) in [7, 11) is 1.91. The molecule has 1 aromatic carbocycles. The van der Waals surface area contributed by atoms with Crippen molar-refractivity contribution in [3.63, 3.8) is 0 Å². The quantitative estimate of drug-likeness (QED) is 0.944. The summed E-state index contributed by atoms with van der Waals surface area (Å²) in [5, 5.41) is 3.84. The molecule has 1 N–H and O–H groups in total. The van der Waals surface area contributed by atoms with Gasteiger partial charge in [0.2, 0.25) is 0 Å². The van der Waals surface area contributed by atoms with E-state index in [0.717, 1.165) is 42.5 Å². The van der Waals surface area contributed by atoms with Crippen LogP contribution in [-0.4, -0.2) is 25.1 Å². The Morgan fingerprint density at radius 2 is 1.76 bits per heavy atom. The minimum Gasteiger partial charge on any atom is -0.356 e. The van der Waals surface area contributed by atoms with E-state index in [9.17, 15) is 0 Å². The van der Waals surface area contributed by atoms with Crippen LogP contribution in [0.3, 0.4) is 0 Å². The molecule has 1 aliphatic heterocycles. The minimum atomic E-state index is 0.695. The zero-order chi connectivity index (χ0) is 14.7. The molecule has 1 aromatic heterocycles. The summed E-state index contributed by atoms with van der Waals surface area (Å²) in [5.41, 5.74) is 3.84. The van der Waals surface area contributed by atoms with Crippen molar-refractivity contribution in [1.29, 1.82) is 0 Å². The van der Waals surface area contributed by atoms with Crippen LogP contribution in [0.15, 0.2) is 36.4 Å². The summed E-state index contributed by atoms with van der Waals surface area (Å²) in [4.78, 5) is 7.08. The number of aromatic nitrogens is 1. The molecule has 1 aliphatic rings. The predicted molar refractivity (Wildman–Crippen MR) is 88.1 cm³/mol. The molecule has 2 aromatic rings. The van der Waals surface area contributed by atoms with Crippen molar-refractivity contribution in [2.75, 3.05) is 25.0 Å². The summed E-state index contributed by atoms with van der Waals surface area (Å²) in [6.07, 6.45) is 2.14. The lowest BCUT2D eigenvalue weighted by atomic mass is 10.0. The summed E-state index contributed by atoms with van der Waals surface area (Å²) in [5.74, 6) is 1.03. The Morgan fingerprint density at radius 1 is 1.10 bits per heavy atom. The molecule has 0 fully saturated rings. The highest BCUT2D eigenvalue weighted by Gasteiger charge is 2.15. The Kier molecular flexibility index (Phi) is 4.42. The smallest absolute Gasteiger partial charge is 0.128 e. The van der Waals surface area contributed by atoms with E-state index in [1.54, 1.807) is 0 Å². The SMILES string of the molecule is CNCc1nc(N2CCc3ccccc3CC2)ccc1Cl. The molecule has 3 nitrogen and oxygen atoms in total. The third-order valence-corrected chi connectivity index (χ3v) is 4.34. The standard InChI is InChI=1S/C17H20ClN3/c1-19-12-16-15(18)6-7-17(20-16)21-10-8-13-4-2-3-5-14(13)9-11-21/h2-7,19H,8-12H2,1H3. The lowest BCUT2D eigenvalue weighted by Crippen LogP contribution is -2.27. The number of pyridine rings is 1. The van der Waals surface area contributed by atoms with Crippen LogP contribution in [0.1, 0.15) is 16.8 Å². The van der Waals surface area contributed by atoms with Crippen LogP contribution >= 0.6 is 11.6 Å². The van der Waals surface area contributed by atoms with E-state index in [1.165, 1.54) is 11.1 Å². The largest absolute Gasteiger partial charge is 0.356 e. The minimum absolute atomic E-state index is 0.695. The monoisotopic (exact) mass is 301 g/mol. The van der Waals surface area contributed by atoms with Gasteiger partial charge in [-0.3, -0.25) is 0 Å². The first-order valence-corrected chi connectivity index (χ1v) is 7.77. The highest BCUT2D eigenvalue weighted by atomic mass is 35.5. The number of nitrogens with one attached hydrogen (secondary N) is 1. The van der Waals surface area contributed by atoms with Crippen LogP contribution < -0.4 is 10.2 Å². The lowest BCUT2D eigenvalue weighted by Gasteiger charge is -2.22. The molecule has 4 heteroatoms. The molecule has 0 radical (unpaired) electrons. The van der Waals surface area contributed by atoms with Crippen molar-refractivity contribution in [3.05, 3.63) is 58.2 Å². The molecule has 0 spiro atoms. The van der Waals surface area contributed by atoms with Gasteiger partial charge in [-0.05, 0) is 43.1 Å². The highest BCUT2D eigenvalue weighted by molar-refractivity contribution is 6.31. The molecular weight excluding hydrogens is 282 g/mol. The van der Waals surface area contributed by atoms with Gasteiger partial charge in [0.25, 0.3) is 0 Å². The zero-order valence-electron chi connectivity index (χ0n) is 12.3. The third-order valence-electron chi connectivity index (χ3n) is 3.99. The number of benzene rings is 1. The van der Waals surface area contributed by atoms with Crippen molar-refractivity contribution in [1.82, 2.24) is 10.3 Å². The summed E-state index contributed by atoms with van der Waals surface area (Å²) < 4.78 is 0. The van der Waals surface area contributed by atoms with Crippen LogP contribution in [0.25, 0.3) is 0 Å². The maximum absolute atomic E-state index is 6.20. The van der Waals surface area contributed by atoms with Gasteiger partial charge >= 0.3 is 0 Å². The molecule has 0 unspecified atom stereocenters. The average molecular weight is 302 g/mol. The van der Waals surface area contributed by atoms with Gasteiger partial charge < -0.3 is 10.2 Å². The van der Waals surface area contributed by atoms with E-state index in [2.05, 4.69) is 34.5 Å². The number of hydrogen-bond donors (Lipinski definition) is 1. The second-order valence-corrected chi connectivity index (χ2v) is 5.79. The van der Waals surface area contributed by atoms with Gasteiger partial charge in [0.1, 0.15) is 5.82 Å². The second-order valence-electron chi connectivity index (χ2n) is 5.38. The number of nitrogens with zero attached hydrogens (tertiary/aromatic N) is 2. The van der Waals surface area contributed by atoms with E-state index in [1.807, 2.05) is 19.2 Å². The second kappa shape index (κ2) is 6.46. The van der Waals surface area contributed by atoms with E-state index in [0.29, 0.717) is 6.54 Å². The fourth-order valence-corrected chi connectivity index (χ4v) is 3.01. The Hall–Kier alpha value is -1.58. The van der Waals surface area contributed by atoms with Gasteiger partial charge in [-0.15, -0.1) is 0 Å². The van der Waals surface area contributed by atoms with Gasteiger partial charge in [0.05, 0.1) is 10.7 Å². The normalized spacial score (nSPS) is 14.7. The molecule has 0 saturated heterocycles. The summed E-state index contributed by atoms with van der Waals surface area (Å²) >= 11 is 6.20. The molecule has 21 heavy (non-hydrogen) atoms. The van der Waals surface area contributed by atoms with Crippen LogP contribution in [0.5, 0.6) is 0 Å². The number of anilines is 1. The van der Waals surface area contributed by atoms with Crippen molar-refractivity contribution >= 4 is 17.4 Å². The van der Waals surface area contributed by atoms with Crippen molar-refractivity contribution in [3.8, 4) is 0 Å². The molecule has 0 aliphatic carbocycles. The van der Waals surface area contributed by atoms with Gasteiger partial charge in [0.15, 0.2) is 0 Å². The van der Waals surface area contributed by atoms with Crippen molar-refractivity contribution < 1.29 is 0 Å². The number of halogens is 1. The van der Waals surface area contributed by atoms with Crippen molar-refractivity contribution in [2.24, 2.45) is 0 Å². The van der Waals surface area contributed by atoms with Crippen molar-refractivity contribution in [2.45, 2.75) is 19.4 Å². The maximum Gasteiger partial charge on any atom is 0.128 e. The third kappa shape index (κ3) is 3.20. The van der Waals surface area contributed by atoms with Gasteiger partial charge in [-0.1, -0.05) is 35.9 Å². The predicted octanol–water partition coefficient (Wildman–Crippen LogP) is 3.06. The zero-order valence-corrected chi connectivity index (χ0v) is 13.0. The summed E-state index contributed by atoms with van der Waals surface area (Å²) in [6, 6.07) is 12.7. The topological polar surface area (TPSA) is 28.2 Å². The number of hydrogen-bond acceptors (Lipinski definition) is 3. The number of fused-ring (bicyclic) bond motifs is 1. The van der Waals surface area contributed by atoms with E-state index in [-0.39, 0.29) is 0 Å². The lowest BCUT2D eigenvalue weighted by molar-refractivity contribution is 0.761. The molecule has 0 amide bonds. The maximum atomic E-state index is 6.20. The Balaban J connectivity index is 1.81. The average Bonchev–Trinajstić information content (AvgIpc) is 2.72. The summed E-state index contributed by atoms with van der Waals surface area (Å²) in [6.45, 7) is 2.70. The molecule has 3 rings (SSSR count). The first-order chi connectivity index (χ1) is 10.3. The van der Waals surface area contributed by atoms with Crippen LogP contribution in [0, 0.1) is 0 Å². The van der Waals surface area contributed by atoms with E-state index < -0.39 is 0 Å². The molecule has 2 heterocycles. The fourth-order valence-electron chi connectivity index (χ4n) is 2.84. The van der Waals surface area contributed by atoms with Crippen LogP contribution in [-0.2, 0) is 19.4 Å². The Bertz CT molecular complexity index is 600. The van der Waals surface area contributed by atoms with Gasteiger partial charge in [0, 0.05) is 19.6 Å². The van der Waals surface area contributed by atoms with E-state index >= 15 is 0 Å². The molecular formula is C17H20ClN3. The van der Waals surface area contributed by atoms with Crippen LogP contribution in [0.2, 0.25) is 5.02 Å². The van der Waals surface area contributed by atoms with Crippen LogP contribution in [0.4, 0.5) is 5.82 Å². The Labute approximate surface area is 131 Å². The number of rotatable bonds is 3. The molecule has 0 saturated carbocycles. The first-order valence-electron chi connectivity index (χ1n) is 7.39. The highest BCUT2D eigenvalue weighted by Crippen LogP contribution is 2.22. The molecule has 0 bridgehead atoms. The molecule has 0 atom stereocenters. The first kappa shape index (κ1) is 14.4.